The monoisotopic (exact) mass is 894 g/mol. The van der Waals surface area contributed by atoms with E-state index in [9.17, 15) is 0 Å². The molecule has 3 aliphatic rings. The fourth-order valence-corrected chi connectivity index (χ4v) is 8.62. The number of hydrogen-bond donors (Lipinski definition) is 0. The average Bonchev–Trinajstić information content (AvgIpc) is 3.38. The average molecular weight is 895 g/mol. The lowest BCUT2D eigenvalue weighted by Gasteiger charge is -2.51. The number of hydrogen-bond acceptors (Lipinski definition) is 11. The minimum Gasteiger partial charge on any atom is -0.374 e. The second-order valence-corrected chi connectivity index (χ2v) is 16.6. The normalized spacial score (nSPS) is 27.5. The summed E-state index contributed by atoms with van der Waals surface area (Å²) in [6.45, 7) is 1.80. The summed E-state index contributed by atoms with van der Waals surface area (Å²) in [6.07, 6.45) is -8.22. The van der Waals surface area contributed by atoms with Crippen molar-refractivity contribution in [3.63, 3.8) is 0 Å². The van der Waals surface area contributed by atoms with Crippen molar-refractivity contribution in [2.45, 2.75) is 101 Å². The van der Waals surface area contributed by atoms with Gasteiger partial charge in [0.25, 0.3) is 0 Å². The molecule has 3 fully saturated rings. The van der Waals surface area contributed by atoms with Gasteiger partial charge in [0, 0.05) is 12.7 Å². The molecule has 6 aromatic rings. The molecule has 66 heavy (non-hydrogen) atoms. The van der Waals surface area contributed by atoms with Gasteiger partial charge >= 0.3 is 0 Å². The van der Waals surface area contributed by atoms with Crippen LogP contribution < -0.4 is 0 Å². The molecular weight excluding hydrogens is 837 g/mol. The van der Waals surface area contributed by atoms with Crippen LogP contribution in [0, 0.1) is 0 Å². The Bertz CT molecular complexity index is 2280. The van der Waals surface area contributed by atoms with Gasteiger partial charge in [0.15, 0.2) is 18.9 Å². The molecule has 0 spiro atoms. The zero-order valence-corrected chi connectivity index (χ0v) is 37.1. The van der Waals surface area contributed by atoms with Gasteiger partial charge in [0.2, 0.25) is 0 Å². The molecule has 3 saturated heterocycles. The van der Waals surface area contributed by atoms with Crippen LogP contribution in [0.5, 0.6) is 0 Å². The van der Waals surface area contributed by atoms with Crippen molar-refractivity contribution in [3.05, 3.63) is 215 Å². The van der Waals surface area contributed by atoms with E-state index < -0.39 is 67.7 Å². The van der Waals surface area contributed by atoms with Crippen molar-refractivity contribution >= 4 is 0 Å². The summed E-state index contributed by atoms with van der Waals surface area (Å²) in [5.74, 6) is 0. The van der Waals surface area contributed by atoms with E-state index in [1.807, 2.05) is 182 Å². The third-order valence-electron chi connectivity index (χ3n) is 12.0. The van der Waals surface area contributed by atoms with Crippen LogP contribution in [0.25, 0.3) is 0 Å². The molecule has 344 valence electrons. The standard InChI is InChI=1S/C55H58O11/c1-56-54-51(60-35-42-26-14-5-15-27-42)49(58-33-40-22-10-3-11-23-40)47(45(63-54)37-57-32-39-20-8-2-9-21-39)66-55-52(61-36-43-28-16-6-17-29-43)50(59-34-41-24-12-4-13-25-41)48-46(64-55)38-62-53(65-48)44-30-18-7-19-31-44/h2-31,45-55H,32-38H2,1H3/t45-,46-,47+,48-,49+,50+,51-,52-,53-,54+,55-/m1/s1. The molecule has 0 N–H and O–H groups in total. The fourth-order valence-electron chi connectivity index (χ4n) is 8.62. The summed E-state index contributed by atoms with van der Waals surface area (Å²) in [5, 5.41) is 0. The van der Waals surface area contributed by atoms with E-state index in [1.54, 1.807) is 7.11 Å². The van der Waals surface area contributed by atoms with Crippen molar-refractivity contribution in [3.8, 4) is 0 Å². The SMILES string of the molecule is CO[C@H]1O[C@H](COCc2ccccc2)[C@H](O[C@H]2O[C@@H]3CO[C@@H](c4ccccc4)O[C@H]3[C@H](OCc3ccccc3)[C@H]2OCc2ccccc2)[C@H](OCc2ccccc2)[C@H]1OCc1ccccc1. The third-order valence-corrected chi connectivity index (χ3v) is 12.0. The lowest BCUT2D eigenvalue weighted by molar-refractivity contribution is -0.397. The van der Waals surface area contributed by atoms with E-state index in [2.05, 4.69) is 0 Å². The van der Waals surface area contributed by atoms with E-state index in [0.717, 1.165) is 33.4 Å². The Labute approximate surface area is 387 Å². The van der Waals surface area contributed by atoms with Gasteiger partial charge in [0.05, 0.1) is 46.2 Å². The molecule has 3 heterocycles. The highest BCUT2D eigenvalue weighted by Crippen LogP contribution is 2.40. The van der Waals surface area contributed by atoms with Gasteiger partial charge in [-0.25, -0.2) is 0 Å². The van der Waals surface area contributed by atoms with Crippen LogP contribution in [0.15, 0.2) is 182 Å². The number of rotatable bonds is 20. The Morgan fingerprint density at radius 2 is 0.848 bits per heavy atom. The molecular formula is C55H58O11. The van der Waals surface area contributed by atoms with Crippen molar-refractivity contribution in [1.82, 2.24) is 0 Å². The van der Waals surface area contributed by atoms with Gasteiger partial charge in [0.1, 0.15) is 48.8 Å². The first-order valence-corrected chi connectivity index (χ1v) is 22.7. The Kier molecular flexibility index (Phi) is 16.4. The summed E-state index contributed by atoms with van der Waals surface area (Å²) in [6, 6.07) is 60.0. The third kappa shape index (κ3) is 12.1. The van der Waals surface area contributed by atoms with Gasteiger partial charge in [-0.2, -0.15) is 0 Å². The highest BCUT2D eigenvalue weighted by molar-refractivity contribution is 5.19. The highest BCUT2D eigenvalue weighted by atomic mass is 16.8. The van der Waals surface area contributed by atoms with Gasteiger partial charge in [-0.05, 0) is 27.8 Å². The van der Waals surface area contributed by atoms with Gasteiger partial charge in [-0.15, -0.1) is 0 Å². The molecule has 3 aliphatic heterocycles. The predicted octanol–water partition coefficient (Wildman–Crippen LogP) is 9.14. The number of ether oxygens (including phenoxy) is 11. The summed E-state index contributed by atoms with van der Waals surface area (Å²) in [5.41, 5.74) is 5.86. The molecule has 0 saturated carbocycles. The lowest BCUT2D eigenvalue weighted by atomic mass is 9.95. The molecule has 9 rings (SSSR count). The maximum absolute atomic E-state index is 7.36. The Morgan fingerprint density at radius 1 is 0.424 bits per heavy atom. The first-order chi connectivity index (χ1) is 32.7. The molecule has 0 radical (unpaired) electrons. The van der Waals surface area contributed by atoms with Crippen LogP contribution in [0.4, 0.5) is 0 Å². The predicted molar refractivity (Wildman–Crippen MR) is 245 cm³/mol. The molecule has 0 unspecified atom stereocenters. The van der Waals surface area contributed by atoms with Crippen LogP contribution in [0.3, 0.4) is 0 Å². The van der Waals surface area contributed by atoms with Crippen molar-refractivity contribution in [2.75, 3.05) is 20.3 Å². The summed E-state index contributed by atoms with van der Waals surface area (Å²) >= 11 is 0. The van der Waals surface area contributed by atoms with Crippen LogP contribution in [-0.2, 0) is 85.1 Å². The summed E-state index contributed by atoms with van der Waals surface area (Å²) in [7, 11) is 1.61. The second kappa shape index (κ2) is 23.6. The first-order valence-electron chi connectivity index (χ1n) is 22.7. The van der Waals surface area contributed by atoms with Crippen molar-refractivity contribution in [1.29, 1.82) is 0 Å². The Hall–Kier alpha value is -5.12. The number of fused-ring (bicyclic) bond motifs is 1. The first kappa shape index (κ1) is 46.0. The molecule has 11 heteroatoms. The Balaban J connectivity index is 1.08. The molecule has 0 aliphatic carbocycles. The van der Waals surface area contributed by atoms with E-state index >= 15 is 0 Å². The smallest absolute Gasteiger partial charge is 0.187 e. The van der Waals surface area contributed by atoms with E-state index in [1.165, 1.54) is 0 Å². The molecule has 11 nitrogen and oxygen atoms in total. The second-order valence-electron chi connectivity index (χ2n) is 16.6. The van der Waals surface area contributed by atoms with Crippen molar-refractivity contribution < 1.29 is 52.1 Å². The topological polar surface area (TPSA) is 102 Å². The van der Waals surface area contributed by atoms with Gasteiger partial charge < -0.3 is 52.1 Å². The highest BCUT2D eigenvalue weighted by Gasteiger charge is 2.56. The molecule has 0 aromatic heterocycles. The minimum atomic E-state index is -1.03. The summed E-state index contributed by atoms with van der Waals surface area (Å²) < 4.78 is 74.6. The molecule has 11 atom stereocenters. The number of methoxy groups -OCH3 is 1. The van der Waals surface area contributed by atoms with Crippen LogP contribution in [0.1, 0.15) is 39.7 Å². The van der Waals surface area contributed by atoms with Crippen LogP contribution in [-0.4, -0.2) is 81.7 Å². The van der Waals surface area contributed by atoms with Gasteiger partial charge in [-0.1, -0.05) is 182 Å². The van der Waals surface area contributed by atoms with Crippen molar-refractivity contribution in [2.24, 2.45) is 0 Å². The summed E-state index contributed by atoms with van der Waals surface area (Å²) in [4.78, 5) is 0. The van der Waals surface area contributed by atoms with Crippen LogP contribution >= 0.6 is 0 Å². The van der Waals surface area contributed by atoms with Gasteiger partial charge in [-0.3, -0.25) is 0 Å². The molecule has 0 bridgehead atoms. The fraction of sp³-hybridized carbons (Fsp3) is 0.345. The molecule has 0 amide bonds. The quantitative estimate of drug-likeness (QED) is 0.0734. The maximum atomic E-state index is 7.36. The Morgan fingerprint density at radius 3 is 1.33 bits per heavy atom. The molecule has 6 aromatic carbocycles. The van der Waals surface area contributed by atoms with E-state index in [4.69, 9.17) is 52.1 Å². The van der Waals surface area contributed by atoms with E-state index in [-0.39, 0.29) is 33.0 Å². The minimum absolute atomic E-state index is 0.142. The zero-order valence-electron chi connectivity index (χ0n) is 37.1. The van der Waals surface area contributed by atoms with Crippen LogP contribution in [0.2, 0.25) is 0 Å². The number of benzene rings is 6. The zero-order chi connectivity index (χ0) is 44.8. The maximum Gasteiger partial charge on any atom is 0.187 e. The lowest BCUT2D eigenvalue weighted by Crippen LogP contribution is -2.67. The van der Waals surface area contributed by atoms with E-state index in [0.29, 0.717) is 13.2 Å². The largest absolute Gasteiger partial charge is 0.374 e.